The minimum absolute atomic E-state index is 0. The number of nitrogens with one attached hydrogen (secondary N) is 1. The van der Waals surface area contributed by atoms with Crippen molar-refractivity contribution in [2.45, 2.75) is 17.9 Å². The van der Waals surface area contributed by atoms with Crippen molar-refractivity contribution in [2.75, 3.05) is 5.32 Å². The van der Waals surface area contributed by atoms with Crippen LogP contribution in [0, 0.1) is 0 Å². The lowest BCUT2D eigenvalue weighted by molar-refractivity contribution is 0.102. The first kappa shape index (κ1) is 20.1. The number of halogens is 1. The Labute approximate surface area is 182 Å². The fourth-order valence-corrected chi connectivity index (χ4v) is 4.09. The Balaban J connectivity index is 0.00000218. The van der Waals surface area contributed by atoms with Crippen LogP contribution in [0.1, 0.15) is 33.8 Å². The third-order valence-corrected chi connectivity index (χ3v) is 5.90. The lowest BCUT2D eigenvalue weighted by atomic mass is 9.99. The van der Waals surface area contributed by atoms with Crippen LogP contribution >= 0.6 is 12.4 Å². The predicted octanol–water partition coefficient (Wildman–Crippen LogP) is 5.86. The maximum atomic E-state index is 12.6. The van der Waals surface area contributed by atoms with E-state index in [1.165, 1.54) is 11.1 Å². The Bertz CT molecular complexity index is 1190. The van der Waals surface area contributed by atoms with Gasteiger partial charge in [-0.15, -0.1) is 12.4 Å². The zero-order valence-corrected chi connectivity index (χ0v) is 17.2. The van der Waals surface area contributed by atoms with Gasteiger partial charge in [-0.1, -0.05) is 72.8 Å². The molecule has 4 aromatic rings. The highest BCUT2D eigenvalue weighted by Gasteiger charge is 2.52. The van der Waals surface area contributed by atoms with Crippen LogP contribution in [-0.4, -0.2) is 5.91 Å². The van der Waals surface area contributed by atoms with Crippen LogP contribution in [0.25, 0.3) is 10.8 Å². The number of hydrogen-bond acceptors (Lipinski definition) is 2. The number of carbonyl (C=O) groups is 1. The molecule has 0 saturated heterocycles. The molecule has 1 fully saturated rings. The number of nitrogens with two attached hydrogens (primary N) is 1. The molecule has 1 amide bonds. The van der Waals surface area contributed by atoms with E-state index in [2.05, 4.69) is 29.6 Å². The Hall–Kier alpha value is -3.14. The molecule has 3 N–H and O–H groups in total. The summed E-state index contributed by atoms with van der Waals surface area (Å²) in [5.74, 6) is 0.211. The van der Waals surface area contributed by atoms with Crippen molar-refractivity contribution in [3.8, 4) is 0 Å². The highest BCUT2D eigenvalue weighted by molar-refractivity contribution is 6.06. The number of amides is 1. The molecule has 0 bridgehead atoms. The molecule has 30 heavy (non-hydrogen) atoms. The molecule has 2 atom stereocenters. The van der Waals surface area contributed by atoms with Gasteiger partial charge in [0.05, 0.1) is 0 Å². The second-order valence-electron chi connectivity index (χ2n) is 7.80. The lowest BCUT2D eigenvalue weighted by Crippen LogP contribution is -2.21. The summed E-state index contributed by atoms with van der Waals surface area (Å²) in [7, 11) is 0. The second-order valence-corrected chi connectivity index (χ2v) is 7.80. The molecular weight excluding hydrogens is 392 g/mol. The molecule has 0 radical (unpaired) electrons. The summed E-state index contributed by atoms with van der Waals surface area (Å²) in [5.41, 5.74) is 10.2. The fourth-order valence-electron chi connectivity index (χ4n) is 4.09. The van der Waals surface area contributed by atoms with Crippen LogP contribution in [0.3, 0.4) is 0 Å². The Morgan fingerprint density at radius 3 is 2.23 bits per heavy atom. The molecule has 1 saturated carbocycles. The van der Waals surface area contributed by atoms with Gasteiger partial charge in [-0.3, -0.25) is 4.79 Å². The monoisotopic (exact) mass is 414 g/mol. The average molecular weight is 415 g/mol. The molecule has 1 aliphatic carbocycles. The molecule has 0 aromatic heterocycles. The zero-order chi connectivity index (χ0) is 19.8. The predicted molar refractivity (Wildman–Crippen MR) is 125 cm³/mol. The largest absolute Gasteiger partial charge is 0.322 e. The van der Waals surface area contributed by atoms with Crippen molar-refractivity contribution in [2.24, 2.45) is 5.73 Å². The number of benzene rings is 4. The lowest BCUT2D eigenvalue weighted by Gasteiger charge is -2.13. The smallest absolute Gasteiger partial charge is 0.255 e. The first-order valence-corrected chi connectivity index (χ1v) is 9.88. The first-order valence-electron chi connectivity index (χ1n) is 9.88. The van der Waals surface area contributed by atoms with E-state index in [0.717, 1.165) is 22.9 Å². The normalized spacial score (nSPS) is 19.7. The van der Waals surface area contributed by atoms with E-state index in [4.69, 9.17) is 5.73 Å². The zero-order valence-electron chi connectivity index (χ0n) is 16.4. The average Bonchev–Trinajstić information content (AvgIpc) is 3.47. The van der Waals surface area contributed by atoms with Gasteiger partial charge in [0.2, 0.25) is 0 Å². The maximum Gasteiger partial charge on any atom is 0.255 e. The first-order chi connectivity index (χ1) is 14.1. The highest BCUT2D eigenvalue weighted by atomic mass is 35.5. The van der Waals surface area contributed by atoms with Gasteiger partial charge in [-0.25, -0.2) is 0 Å². The Morgan fingerprint density at radius 1 is 0.833 bits per heavy atom. The summed E-state index contributed by atoms with van der Waals surface area (Å²) in [5, 5.41) is 5.18. The summed E-state index contributed by atoms with van der Waals surface area (Å²) in [6.45, 7) is 0. The van der Waals surface area contributed by atoms with Crippen molar-refractivity contribution < 1.29 is 4.79 Å². The SMILES string of the molecule is Cl.N[C@@]1(c2ccccc2)C[C@H]1c1ccc(NC(=O)c2ccc3ccccc3c2)cc1. The van der Waals surface area contributed by atoms with Gasteiger partial charge < -0.3 is 11.1 Å². The van der Waals surface area contributed by atoms with E-state index < -0.39 is 0 Å². The van der Waals surface area contributed by atoms with Crippen LogP contribution in [-0.2, 0) is 5.54 Å². The van der Waals surface area contributed by atoms with Crippen molar-refractivity contribution in [3.63, 3.8) is 0 Å². The second kappa shape index (κ2) is 7.94. The molecule has 0 aliphatic heterocycles. The Morgan fingerprint density at radius 2 is 1.50 bits per heavy atom. The molecule has 0 heterocycles. The summed E-state index contributed by atoms with van der Waals surface area (Å²) >= 11 is 0. The minimum atomic E-state index is -0.281. The van der Waals surface area contributed by atoms with Gasteiger partial charge >= 0.3 is 0 Å². The molecule has 0 unspecified atom stereocenters. The molecular formula is C26H23ClN2O. The molecule has 1 aliphatic rings. The number of carbonyl (C=O) groups excluding carboxylic acids is 1. The van der Waals surface area contributed by atoms with Crippen LogP contribution in [0.2, 0.25) is 0 Å². The van der Waals surface area contributed by atoms with Crippen molar-refractivity contribution in [1.29, 1.82) is 0 Å². The molecule has 5 rings (SSSR count). The number of rotatable bonds is 4. The van der Waals surface area contributed by atoms with E-state index in [9.17, 15) is 4.79 Å². The number of hydrogen-bond donors (Lipinski definition) is 2. The van der Waals surface area contributed by atoms with E-state index in [-0.39, 0.29) is 23.9 Å². The summed E-state index contributed by atoms with van der Waals surface area (Å²) in [6, 6.07) is 32.1. The van der Waals surface area contributed by atoms with Crippen molar-refractivity contribution in [3.05, 3.63) is 114 Å². The summed E-state index contributed by atoms with van der Waals surface area (Å²) in [6.07, 6.45) is 0.944. The highest BCUT2D eigenvalue weighted by Crippen LogP contribution is 2.56. The van der Waals surface area contributed by atoms with Crippen LogP contribution in [0.5, 0.6) is 0 Å². The molecule has 4 aromatic carbocycles. The number of fused-ring (bicyclic) bond motifs is 1. The van der Waals surface area contributed by atoms with E-state index in [1.54, 1.807) is 0 Å². The van der Waals surface area contributed by atoms with Crippen LogP contribution in [0.4, 0.5) is 5.69 Å². The van der Waals surface area contributed by atoms with E-state index in [0.29, 0.717) is 11.5 Å². The summed E-state index contributed by atoms with van der Waals surface area (Å²) < 4.78 is 0. The van der Waals surface area contributed by atoms with Gasteiger partial charge in [-0.05, 0) is 52.6 Å². The Kier molecular flexibility index (Phi) is 5.33. The van der Waals surface area contributed by atoms with Gasteiger partial charge in [0.1, 0.15) is 0 Å². The standard InChI is InChI=1S/C26H22N2O.ClH/c27-26(22-8-2-1-3-9-22)17-24(26)19-12-14-23(15-13-19)28-25(29)21-11-10-18-6-4-5-7-20(18)16-21;/h1-16,24H,17,27H2,(H,28,29);1H/t24-,26+;/m0./s1. The van der Waals surface area contributed by atoms with Crippen LogP contribution in [0.15, 0.2) is 97.1 Å². The van der Waals surface area contributed by atoms with E-state index >= 15 is 0 Å². The molecule has 3 nitrogen and oxygen atoms in total. The van der Waals surface area contributed by atoms with Gasteiger partial charge in [-0.2, -0.15) is 0 Å². The number of anilines is 1. The molecule has 0 spiro atoms. The fraction of sp³-hybridized carbons (Fsp3) is 0.115. The quantitative estimate of drug-likeness (QED) is 0.439. The van der Waals surface area contributed by atoms with Crippen molar-refractivity contribution >= 4 is 34.8 Å². The van der Waals surface area contributed by atoms with Gasteiger partial charge in [0.15, 0.2) is 0 Å². The topological polar surface area (TPSA) is 55.1 Å². The summed E-state index contributed by atoms with van der Waals surface area (Å²) in [4.78, 5) is 12.6. The van der Waals surface area contributed by atoms with Crippen LogP contribution < -0.4 is 11.1 Å². The van der Waals surface area contributed by atoms with Crippen molar-refractivity contribution in [1.82, 2.24) is 0 Å². The van der Waals surface area contributed by atoms with Gasteiger partial charge in [0.25, 0.3) is 5.91 Å². The van der Waals surface area contributed by atoms with Gasteiger partial charge in [0, 0.05) is 22.7 Å². The third kappa shape index (κ3) is 3.70. The third-order valence-electron chi connectivity index (χ3n) is 5.90. The molecule has 150 valence electrons. The maximum absolute atomic E-state index is 12.6. The minimum Gasteiger partial charge on any atom is -0.322 e. The van der Waals surface area contributed by atoms with E-state index in [1.807, 2.05) is 72.8 Å². The molecule has 4 heteroatoms.